The maximum atomic E-state index is 13.4. The number of carbonyl (C=O) groups excluding carboxylic acids is 1. The minimum atomic E-state index is -0.367. The molecule has 0 aliphatic heterocycles. The van der Waals surface area contributed by atoms with E-state index in [0.717, 1.165) is 4.47 Å². The summed E-state index contributed by atoms with van der Waals surface area (Å²) in [5.74, 6) is -0.657. The van der Waals surface area contributed by atoms with E-state index in [0.29, 0.717) is 32.5 Å². The van der Waals surface area contributed by atoms with Gasteiger partial charge in [-0.15, -0.1) is 0 Å². The lowest BCUT2D eigenvalue weighted by atomic mass is 10.1. The molecule has 2 aromatic carbocycles. The van der Waals surface area contributed by atoms with Crippen LogP contribution in [-0.2, 0) is 0 Å². The van der Waals surface area contributed by atoms with Crippen LogP contribution in [0.2, 0.25) is 0 Å². The molecule has 0 aliphatic carbocycles. The van der Waals surface area contributed by atoms with Gasteiger partial charge in [0.1, 0.15) is 5.82 Å². The molecule has 0 bridgehead atoms. The van der Waals surface area contributed by atoms with Crippen molar-refractivity contribution in [3.05, 3.63) is 55.7 Å². The smallest absolute Gasteiger partial charge is 0.256 e. The maximum absolute atomic E-state index is 13.4. The SMILES string of the molecule is Cc1cc(F)c(Br)cc1NC(=O)c1cc(Br)cc(N)c1C. The second kappa shape index (κ2) is 6.15. The molecule has 0 aromatic heterocycles. The number of aryl methyl sites for hydroxylation is 1. The van der Waals surface area contributed by atoms with E-state index < -0.39 is 0 Å². The fraction of sp³-hybridized carbons (Fsp3) is 0.133. The molecular formula is C15H13Br2FN2O. The number of amides is 1. The molecule has 0 radical (unpaired) electrons. The highest BCUT2D eigenvalue weighted by Gasteiger charge is 2.14. The van der Waals surface area contributed by atoms with Crippen molar-refractivity contribution in [2.24, 2.45) is 0 Å². The van der Waals surface area contributed by atoms with Crippen LogP contribution in [0.3, 0.4) is 0 Å². The van der Waals surface area contributed by atoms with E-state index >= 15 is 0 Å². The minimum Gasteiger partial charge on any atom is -0.398 e. The summed E-state index contributed by atoms with van der Waals surface area (Å²) in [7, 11) is 0. The average Bonchev–Trinajstić information content (AvgIpc) is 2.40. The van der Waals surface area contributed by atoms with Crippen molar-refractivity contribution < 1.29 is 9.18 Å². The third-order valence-electron chi connectivity index (χ3n) is 3.17. The monoisotopic (exact) mass is 414 g/mol. The fourth-order valence-electron chi connectivity index (χ4n) is 1.91. The Morgan fingerprint density at radius 3 is 2.52 bits per heavy atom. The molecule has 110 valence electrons. The van der Waals surface area contributed by atoms with Gasteiger partial charge in [0.15, 0.2) is 0 Å². The molecule has 0 unspecified atom stereocenters. The number of anilines is 2. The highest BCUT2D eigenvalue weighted by molar-refractivity contribution is 9.10. The molecule has 0 spiro atoms. The zero-order valence-electron chi connectivity index (χ0n) is 11.4. The fourth-order valence-corrected chi connectivity index (χ4v) is 2.73. The molecule has 2 aromatic rings. The quantitative estimate of drug-likeness (QED) is 0.692. The lowest BCUT2D eigenvalue weighted by Crippen LogP contribution is -2.15. The Kier molecular flexibility index (Phi) is 4.68. The summed E-state index contributed by atoms with van der Waals surface area (Å²) >= 11 is 6.43. The molecule has 21 heavy (non-hydrogen) atoms. The maximum Gasteiger partial charge on any atom is 0.256 e. The average molecular weight is 416 g/mol. The lowest BCUT2D eigenvalue weighted by molar-refractivity contribution is 0.102. The summed E-state index contributed by atoms with van der Waals surface area (Å²) in [6.07, 6.45) is 0. The van der Waals surface area contributed by atoms with Gasteiger partial charge in [0.25, 0.3) is 5.91 Å². The first kappa shape index (κ1) is 16.0. The Morgan fingerprint density at radius 2 is 1.86 bits per heavy atom. The summed E-state index contributed by atoms with van der Waals surface area (Å²) in [5.41, 5.74) is 8.76. The number of hydrogen-bond acceptors (Lipinski definition) is 2. The molecule has 0 aliphatic rings. The summed E-state index contributed by atoms with van der Waals surface area (Å²) in [6, 6.07) is 6.35. The number of hydrogen-bond donors (Lipinski definition) is 2. The van der Waals surface area contributed by atoms with Crippen molar-refractivity contribution in [2.75, 3.05) is 11.1 Å². The zero-order valence-corrected chi connectivity index (χ0v) is 14.6. The molecular weight excluding hydrogens is 403 g/mol. The van der Waals surface area contributed by atoms with Gasteiger partial charge >= 0.3 is 0 Å². The molecule has 3 nitrogen and oxygen atoms in total. The van der Waals surface area contributed by atoms with Gasteiger partial charge in [-0.3, -0.25) is 4.79 Å². The zero-order chi connectivity index (χ0) is 15.7. The normalized spacial score (nSPS) is 10.5. The molecule has 2 rings (SSSR count). The van der Waals surface area contributed by atoms with Crippen LogP contribution in [0.1, 0.15) is 21.5 Å². The van der Waals surface area contributed by atoms with Crippen LogP contribution in [-0.4, -0.2) is 5.91 Å². The number of nitrogens with one attached hydrogen (secondary N) is 1. The molecule has 3 N–H and O–H groups in total. The highest BCUT2D eigenvalue weighted by Crippen LogP contribution is 2.27. The van der Waals surface area contributed by atoms with E-state index in [2.05, 4.69) is 37.2 Å². The predicted molar refractivity (Wildman–Crippen MR) is 90.1 cm³/mol. The van der Waals surface area contributed by atoms with Gasteiger partial charge in [-0.1, -0.05) is 15.9 Å². The van der Waals surface area contributed by atoms with E-state index in [4.69, 9.17) is 5.73 Å². The number of rotatable bonds is 2. The van der Waals surface area contributed by atoms with Gasteiger partial charge in [0, 0.05) is 21.4 Å². The Labute approximate surface area is 139 Å². The van der Waals surface area contributed by atoms with Gasteiger partial charge in [0.2, 0.25) is 0 Å². The largest absolute Gasteiger partial charge is 0.398 e. The Hall–Kier alpha value is -1.40. The predicted octanol–water partition coefficient (Wildman–Crippen LogP) is 4.80. The van der Waals surface area contributed by atoms with Crippen LogP contribution in [0.4, 0.5) is 15.8 Å². The summed E-state index contributed by atoms with van der Waals surface area (Å²) in [4.78, 5) is 12.4. The number of nitrogens with two attached hydrogens (primary N) is 1. The van der Waals surface area contributed by atoms with E-state index in [1.54, 1.807) is 32.0 Å². The first-order valence-corrected chi connectivity index (χ1v) is 7.71. The Balaban J connectivity index is 2.37. The van der Waals surface area contributed by atoms with E-state index in [1.807, 2.05) is 0 Å². The van der Waals surface area contributed by atoms with Crippen LogP contribution in [0.5, 0.6) is 0 Å². The van der Waals surface area contributed by atoms with Crippen molar-refractivity contribution in [2.45, 2.75) is 13.8 Å². The minimum absolute atomic E-state index is 0.290. The number of benzene rings is 2. The number of halogens is 3. The molecule has 0 fully saturated rings. The first-order valence-electron chi connectivity index (χ1n) is 6.12. The highest BCUT2D eigenvalue weighted by atomic mass is 79.9. The molecule has 6 heteroatoms. The van der Waals surface area contributed by atoms with Gasteiger partial charge in [-0.05, 0) is 65.2 Å². The first-order chi connectivity index (χ1) is 9.79. The topological polar surface area (TPSA) is 55.1 Å². The van der Waals surface area contributed by atoms with Crippen molar-refractivity contribution in [1.29, 1.82) is 0 Å². The summed E-state index contributed by atoms with van der Waals surface area (Å²) in [6.45, 7) is 3.51. The van der Waals surface area contributed by atoms with Gasteiger partial charge in [0.05, 0.1) is 4.47 Å². The van der Waals surface area contributed by atoms with Gasteiger partial charge in [-0.2, -0.15) is 0 Å². The molecule has 0 heterocycles. The van der Waals surface area contributed by atoms with E-state index in [-0.39, 0.29) is 11.7 Å². The van der Waals surface area contributed by atoms with E-state index in [9.17, 15) is 9.18 Å². The van der Waals surface area contributed by atoms with Crippen LogP contribution < -0.4 is 11.1 Å². The number of nitrogen functional groups attached to an aromatic ring is 1. The van der Waals surface area contributed by atoms with Crippen LogP contribution in [0.15, 0.2) is 33.2 Å². The van der Waals surface area contributed by atoms with Gasteiger partial charge in [-0.25, -0.2) is 4.39 Å². The third kappa shape index (κ3) is 3.44. The molecule has 0 saturated heterocycles. The number of carbonyl (C=O) groups is 1. The van der Waals surface area contributed by atoms with Crippen molar-refractivity contribution >= 4 is 49.1 Å². The van der Waals surface area contributed by atoms with Crippen LogP contribution >= 0.6 is 31.9 Å². The van der Waals surface area contributed by atoms with Crippen LogP contribution in [0, 0.1) is 19.7 Å². The Morgan fingerprint density at radius 1 is 1.19 bits per heavy atom. The molecule has 1 amide bonds. The lowest BCUT2D eigenvalue weighted by Gasteiger charge is -2.12. The van der Waals surface area contributed by atoms with Crippen molar-refractivity contribution in [3.8, 4) is 0 Å². The summed E-state index contributed by atoms with van der Waals surface area (Å²) < 4.78 is 14.4. The summed E-state index contributed by atoms with van der Waals surface area (Å²) in [5, 5.41) is 2.78. The molecule has 0 atom stereocenters. The molecule has 0 saturated carbocycles. The Bertz CT molecular complexity index is 732. The standard InChI is InChI=1S/C15H13Br2FN2O/c1-7-3-12(18)11(17)6-14(7)20-15(21)10-4-9(16)5-13(19)8(10)2/h3-6H,19H2,1-2H3,(H,20,21). The third-order valence-corrected chi connectivity index (χ3v) is 4.24. The second-order valence-corrected chi connectivity index (χ2v) is 6.47. The van der Waals surface area contributed by atoms with Crippen molar-refractivity contribution in [1.82, 2.24) is 0 Å². The van der Waals surface area contributed by atoms with Crippen molar-refractivity contribution in [3.63, 3.8) is 0 Å². The second-order valence-electron chi connectivity index (χ2n) is 4.70. The van der Waals surface area contributed by atoms with E-state index in [1.165, 1.54) is 6.07 Å². The van der Waals surface area contributed by atoms with Crippen LogP contribution in [0.25, 0.3) is 0 Å². The van der Waals surface area contributed by atoms with Gasteiger partial charge < -0.3 is 11.1 Å².